The van der Waals surface area contributed by atoms with Gasteiger partial charge in [-0.3, -0.25) is 4.79 Å². The molecule has 0 fully saturated rings. The number of hydrogen-bond donors (Lipinski definition) is 4. The third-order valence-electron chi connectivity index (χ3n) is 3.48. The summed E-state index contributed by atoms with van der Waals surface area (Å²) < 4.78 is 0. The molecule has 140 valence electrons. The summed E-state index contributed by atoms with van der Waals surface area (Å²) in [6, 6.07) is 14.7. The van der Waals surface area contributed by atoms with Gasteiger partial charge in [0.05, 0.1) is 6.54 Å². The zero-order chi connectivity index (χ0) is 18.1. The SMILES string of the molecule is CCNCc1cccc(NC(=O)CNC(=O)Nc2cccc(C)c2)c1.Cl. The Hall–Kier alpha value is -2.57. The first-order valence-electron chi connectivity index (χ1n) is 8.28. The van der Waals surface area contributed by atoms with Crippen molar-refractivity contribution in [1.82, 2.24) is 10.6 Å². The molecule has 0 unspecified atom stereocenters. The van der Waals surface area contributed by atoms with E-state index in [0.29, 0.717) is 11.4 Å². The van der Waals surface area contributed by atoms with Crippen LogP contribution in [0.2, 0.25) is 0 Å². The van der Waals surface area contributed by atoms with Gasteiger partial charge in [0.15, 0.2) is 0 Å². The molecule has 0 atom stereocenters. The molecule has 0 spiro atoms. The highest BCUT2D eigenvalue weighted by Crippen LogP contribution is 2.11. The van der Waals surface area contributed by atoms with E-state index >= 15 is 0 Å². The fourth-order valence-corrected chi connectivity index (χ4v) is 2.29. The van der Waals surface area contributed by atoms with Crippen molar-refractivity contribution in [3.8, 4) is 0 Å². The fraction of sp³-hybridized carbons (Fsp3) is 0.263. The highest BCUT2D eigenvalue weighted by Gasteiger charge is 2.06. The Morgan fingerprint density at radius 1 is 0.962 bits per heavy atom. The van der Waals surface area contributed by atoms with Crippen LogP contribution in [0.25, 0.3) is 0 Å². The van der Waals surface area contributed by atoms with Crippen molar-refractivity contribution in [1.29, 1.82) is 0 Å². The zero-order valence-corrected chi connectivity index (χ0v) is 15.8. The van der Waals surface area contributed by atoms with Crippen LogP contribution in [-0.4, -0.2) is 25.0 Å². The Balaban J connectivity index is 0.00000338. The third-order valence-corrected chi connectivity index (χ3v) is 3.48. The molecule has 3 amide bonds. The summed E-state index contributed by atoms with van der Waals surface area (Å²) in [4.78, 5) is 23.8. The molecule has 0 aliphatic heterocycles. The minimum atomic E-state index is -0.415. The van der Waals surface area contributed by atoms with E-state index in [0.717, 1.165) is 24.2 Å². The van der Waals surface area contributed by atoms with Crippen LogP contribution in [-0.2, 0) is 11.3 Å². The summed E-state index contributed by atoms with van der Waals surface area (Å²) in [5.74, 6) is -0.278. The van der Waals surface area contributed by atoms with E-state index in [-0.39, 0.29) is 24.9 Å². The van der Waals surface area contributed by atoms with Gasteiger partial charge < -0.3 is 21.3 Å². The van der Waals surface area contributed by atoms with Crippen LogP contribution < -0.4 is 21.3 Å². The summed E-state index contributed by atoms with van der Waals surface area (Å²) in [7, 11) is 0. The van der Waals surface area contributed by atoms with E-state index in [2.05, 4.69) is 21.3 Å². The number of halogens is 1. The Morgan fingerprint density at radius 2 is 1.65 bits per heavy atom. The lowest BCUT2D eigenvalue weighted by Crippen LogP contribution is -2.35. The Morgan fingerprint density at radius 3 is 2.35 bits per heavy atom. The second-order valence-electron chi connectivity index (χ2n) is 5.71. The van der Waals surface area contributed by atoms with Crippen LogP contribution in [0.3, 0.4) is 0 Å². The summed E-state index contributed by atoms with van der Waals surface area (Å²) >= 11 is 0. The number of nitrogens with one attached hydrogen (secondary N) is 4. The molecule has 2 aromatic carbocycles. The molecule has 0 aliphatic rings. The molecule has 0 radical (unpaired) electrons. The molecule has 0 heterocycles. The average molecular weight is 377 g/mol. The van der Waals surface area contributed by atoms with Gasteiger partial charge in [0.25, 0.3) is 0 Å². The lowest BCUT2D eigenvalue weighted by molar-refractivity contribution is -0.115. The predicted octanol–water partition coefficient (Wildman–Crippen LogP) is 3.29. The number of amides is 3. The van der Waals surface area contributed by atoms with Gasteiger partial charge in [0.1, 0.15) is 0 Å². The molecule has 2 rings (SSSR count). The number of hydrogen-bond acceptors (Lipinski definition) is 3. The summed E-state index contributed by atoms with van der Waals surface area (Å²) in [5, 5.41) is 11.3. The molecule has 0 saturated carbocycles. The van der Waals surface area contributed by atoms with E-state index in [1.807, 2.05) is 56.3 Å². The van der Waals surface area contributed by atoms with E-state index in [9.17, 15) is 9.59 Å². The minimum Gasteiger partial charge on any atom is -0.329 e. The van der Waals surface area contributed by atoms with Crippen molar-refractivity contribution in [3.63, 3.8) is 0 Å². The Kier molecular flexibility index (Phi) is 9.19. The van der Waals surface area contributed by atoms with Gasteiger partial charge in [0, 0.05) is 17.9 Å². The van der Waals surface area contributed by atoms with Crippen molar-refractivity contribution >= 4 is 35.7 Å². The van der Waals surface area contributed by atoms with E-state index in [1.165, 1.54) is 0 Å². The average Bonchev–Trinajstić information content (AvgIpc) is 2.58. The normalized spacial score (nSPS) is 9.77. The molecule has 0 aromatic heterocycles. The summed E-state index contributed by atoms with van der Waals surface area (Å²) in [5.41, 5.74) is 3.54. The van der Waals surface area contributed by atoms with Gasteiger partial charge in [0.2, 0.25) is 5.91 Å². The second kappa shape index (κ2) is 11.1. The molecule has 0 saturated heterocycles. The number of aryl methyl sites for hydroxylation is 1. The molecule has 26 heavy (non-hydrogen) atoms. The van der Waals surface area contributed by atoms with Crippen molar-refractivity contribution < 1.29 is 9.59 Å². The number of rotatable bonds is 7. The molecule has 6 nitrogen and oxygen atoms in total. The van der Waals surface area contributed by atoms with Gasteiger partial charge >= 0.3 is 6.03 Å². The first kappa shape index (κ1) is 21.5. The van der Waals surface area contributed by atoms with Crippen LogP contribution in [0.5, 0.6) is 0 Å². The van der Waals surface area contributed by atoms with Gasteiger partial charge in [-0.1, -0.05) is 31.2 Å². The Bertz CT molecular complexity index is 737. The van der Waals surface area contributed by atoms with Gasteiger partial charge in [-0.2, -0.15) is 0 Å². The van der Waals surface area contributed by atoms with E-state index in [1.54, 1.807) is 6.07 Å². The van der Waals surface area contributed by atoms with Crippen LogP contribution >= 0.6 is 12.4 Å². The van der Waals surface area contributed by atoms with Crippen molar-refractivity contribution in [3.05, 3.63) is 59.7 Å². The van der Waals surface area contributed by atoms with E-state index < -0.39 is 6.03 Å². The summed E-state index contributed by atoms with van der Waals surface area (Å²) in [6.45, 7) is 5.52. The zero-order valence-electron chi connectivity index (χ0n) is 15.0. The largest absolute Gasteiger partial charge is 0.329 e. The molecule has 2 aromatic rings. The number of anilines is 2. The number of urea groups is 1. The molecular formula is C19H25ClN4O2. The first-order chi connectivity index (χ1) is 12.1. The molecule has 4 N–H and O–H groups in total. The maximum Gasteiger partial charge on any atom is 0.319 e. The van der Waals surface area contributed by atoms with Crippen molar-refractivity contribution in [2.24, 2.45) is 0 Å². The maximum absolute atomic E-state index is 12.0. The quantitative estimate of drug-likeness (QED) is 0.598. The lowest BCUT2D eigenvalue weighted by atomic mass is 10.2. The van der Waals surface area contributed by atoms with Crippen LogP contribution in [0.4, 0.5) is 16.2 Å². The molecule has 0 bridgehead atoms. The standard InChI is InChI=1S/C19H24N4O2.ClH/c1-3-20-12-15-7-5-9-17(11-15)22-18(24)13-21-19(25)23-16-8-4-6-14(2)10-16;/h4-11,20H,3,12-13H2,1-2H3,(H,22,24)(H2,21,23,25);1H. The Labute approximate surface area is 160 Å². The van der Waals surface area contributed by atoms with E-state index in [4.69, 9.17) is 0 Å². The number of carbonyl (C=O) groups excluding carboxylic acids is 2. The lowest BCUT2D eigenvalue weighted by Gasteiger charge is -2.10. The second-order valence-corrected chi connectivity index (χ2v) is 5.71. The smallest absolute Gasteiger partial charge is 0.319 e. The summed E-state index contributed by atoms with van der Waals surface area (Å²) in [6.07, 6.45) is 0. The van der Waals surface area contributed by atoms with Crippen LogP contribution in [0, 0.1) is 6.92 Å². The fourth-order valence-electron chi connectivity index (χ4n) is 2.29. The minimum absolute atomic E-state index is 0. The number of carbonyl (C=O) groups is 2. The highest BCUT2D eigenvalue weighted by molar-refractivity contribution is 5.97. The molecular weight excluding hydrogens is 352 g/mol. The van der Waals surface area contributed by atoms with Crippen LogP contribution in [0.15, 0.2) is 48.5 Å². The van der Waals surface area contributed by atoms with Gasteiger partial charge in [-0.15, -0.1) is 12.4 Å². The first-order valence-corrected chi connectivity index (χ1v) is 8.28. The molecule has 0 aliphatic carbocycles. The van der Waals surface area contributed by atoms with Gasteiger partial charge in [-0.05, 0) is 48.9 Å². The van der Waals surface area contributed by atoms with Crippen LogP contribution in [0.1, 0.15) is 18.1 Å². The highest BCUT2D eigenvalue weighted by atomic mass is 35.5. The predicted molar refractivity (Wildman–Crippen MR) is 108 cm³/mol. The number of benzene rings is 2. The topological polar surface area (TPSA) is 82.3 Å². The van der Waals surface area contributed by atoms with Crippen molar-refractivity contribution in [2.45, 2.75) is 20.4 Å². The van der Waals surface area contributed by atoms with Gasteiger partial charge in [-0.25, -0.2) is 4.79 Å². The molecule has 7 heteroatoms. The maximum atomic E-state index is 12.0. The third kappa shape index (κ3) is 7.55. The monoisotopic (exact) mass is 376 g/mol. The van der Waals surface area contributed by atoms with Crippen molar-refractivity contribution in [2.75, 3.05) is 23.7 Å².